The first-order valence-corrected chi connectivity index (χ1v) is 6.19. The number of unbranched alkanes of at least 4 members (excludes halogenated alkanes) is 2. The monoisotopic (exact) mass is 216 g/mol. The van der Waals surface area contributed by atoms with Gasteiger partial charge >= 0.3 is 0 Å². The van der Waals surface area contributed by atoms with Crippen LogP contribution in [0.1, 0.15) is 46.5 Å². The highest BCUT2D eigenvalue weighted by molar-refractivity contribution is 7.80. The Labute approximate surface area is 94.1 Å². The summed E-state index contributed by atoms with van der Waals surface area (Å²) >= 11 is 5.32. The molecule has 0 saturated heterocycles. The zero-order chi connectivity index (χ0) is 10.8. The van der Waals surface area contributed by atoms with Gasteiger partial charge in [0.05, 0.1) is 0 Å². The van der Waals surface area contributed by atoms with Gasteiger partial charge in [-0.1, -0.05) is 26.7 Å². The minimum absolute atomic E-state index is 0.924. The summed E-state index contributed by atoms with van der Waals surface area (Å²) < 4.78 is 0. The molecule has 2 nitrogen and oxygen atoms in total. The smallest absolute Gasteiger partial charge is 0.168 e. The Morgan fingerprint density at radius 3 is 1.93 bits per heavy atom. The van der Waals surface area contributed by atoms with Crippen molar-refractivity contribution in [2.45, 2.75) is 46.5 Å². The topological polar surface area (TPSA) is 15.3 Å². The van der Waals surface area contributed by atoms with E-state index in [2.05, 4.69) is 31.0 Å². The second kappa shape index (κ2) is 9.25. The summed E-state index contributed by atoms with van der Waals surface area (Å²) in [6.45, 7) is 9.64. The Hall–Kier alpha value is -0.310. The van der Waals surface area contributed by atoms with Crippen molar-refractivity contribution in [2.75, 3.05) is 19.6 Å². The molecule has 0 aromatic rings. The van der Waals surface area contributed by atoms with Crippen molar-refractivity contribution in [1.29, 1.82) is 0 Å². The quantitative estimate of drug-likeness (QED) is 0.659. The van der Waals surface area contributed by atoms with E-state index in [0.717, 1.165) is 24.7 Å². The predicted molar refractivity (Wildman–Crippen MR) is 67.7 cm³/mol. The lowest BCUT2D eigenvalue weighted by molar-refractivity contribution is 0.393. The number of thiocarbonyl (C=S) groups is 1. The van der Waals surface area contributed by atoms with Crippen LogP contribution in [-0.4, -0.2) is 29.6 Å². The van der Waals surface area contributed by atoms with Crippen LogP contribution < -0.4 is 5.32 Å². The molecule has 0 fully saturated rings. The van der Waals surface area contributed by atoms with E-state index in [9.17, 15) is 0 Å². The van der Waals surface area contributed by atoms with Gasteiger partial charge in [-0.05, 0) is 32.0 Å². The lowest BCUT2D eigenvalue weighted by Gasteiger charge is -2.25. The molecule has 0 aromatic heterocycles. The normalized spacial score (nSPS) is 9.93. The van der Waals surface area contributed by atoms with Gasteiger partial charge in [-0.25, -0.2) is 0 Å². The van der Waals surface area contributed by atoms with Gasteiger partial charge in [0, 0.05) is 19.6 Å². The number of nitrogens with one attached hydrogen (secondary N) is 1. The maximum Gasteiger partial charge on any atom is 0.168 e. The molecule has 0 aliphatic carbocycles. The number of hydrogen-bond acceptors (Lipinski definition) is 1. The third-order valence-corrected chi connectivity index (χ3v) is 2.58. The van der Waals surface area contributed by atoms with Crippen LogP contribution in [0, 0.1) is 0 Å². The number of rotatable bonds is 7. The van der Waals surface area contributed by atoms with Crippen molar-refractivity contribution >= 4 is 17.3 Å². The minimum atomic E-state index is 0.924. The highest BCUT2D eigenvalue weighted by Crippen LogP contribution is 1.99. The van der Waals surface area contributed by atoms with Crippen LogP contribution in [0.3, 0.4) is 0 Å². The Kier molecular flexibility index (Phi) is 9.05. The average molecular weight is 216 g/mol. The Morgan fingerprint density at radius 1 is 1.07 bits per heavy atom. The summed E-state index contributed by atoms with van der Waals surface area (Å²) in [5, 5.41) is 4.15. The molecule has 0 spiro atoms. The molecule has 0 radical (unpaired) electrons. The SMILES string of the molecule is CCCCN(CCCC)C(=S)NCC. The van der Waals surface area contributed by atoms with Crippen molar-refractivity contribution in [1.82, 2.24) is 10.2 Å². The van der Waals surface area contributed by atoms with E-state index in [1.54, 1.807) is 0 Å². The first kappa shape index (κ1) is 13.7. The van der Waals surface area contributed by atoms with Gasteiger partial charge in [-0.3, -0.25) is 0 Å². The molecule has 1 N–H and O–H groups in total. The lowest BCUT2D eigenvalue weighted by Crippen LogP contribution is -2.40. The zero-order valence-corrected chi connectivity index (χ0v) is 10.6. The predicted octanol–water partition coefficient (Wildman–Crippen LogP) is 2.78. The van der Waals surface area contributed by atoms with E-state index in [4.69, 9.17) is 12.2 Å². The molecule has 14 heavy (non-hydrogen) atoms. The largest absolute Gasteiger partial charge is 0.363 e. The van der Waals surface area contributed by atoms with Gasteiger partial charge in [0.15, 0.2) is 5.11 Å². The van der Waals surface area contributed by atoms with Gasteiger partial charge in [-0.15, -0.1) is 0 Å². The second-order valence-corrected chi connectivity index (χ2v) is 3.92. The average Bonchev–Trinajstić information content (AvgIpc) is 2.18. The maximum absolute atomic E-state index is 5.32. The molecule has 0 atom stereocenters. The molecule has 0 bridgehead atoms. The summed E-state index contributed by atoms with van der Waals surface area (Å²) in [6, 6.07) is 0. The molecular weight excluding hydrogens is 192 g/mol. The molecule has 0 unspecified atom stereocenters. The van der Waals surface area contributed by atoms with Gasteiger partial charge in [-0.2, -0.15) is 0 Å². The summed E-state index contributed by atoms with van der Waals surface area (Å²) in [5.41, 5.74) is 0. The van der Waals surface area contributed by atoms with Gasteiger partial charge in [0.1, 0.15) is 0 Å². The van der Waals surface area contributed by atoms with Gasteiger partial charge in [0.25, 0.3) is 0 Å². The Bertz CT molecular complexity index is 140. The van der Waals surface area contributed by atoms with Crippen molar-refractivity contribution < 1.29 is 0 Å². The molecule has 3 heteroatoms. The first-order valence-electron chi connectivity index (χ1n) is 5.79. The number of nitrogens with zero attached hydrogens (tertiary/aromatic N) is 1. The molecule has 0 saturated carbocycles. The van der Waals surface area contributed by atoms with Crippen molar-refractivity contribution in [3.8, 4) is 0 Å². The summed E-state index contributed by atoms with van der Waals surface area (Å²) in [4.78, 5) is 2.30. The molecule has 0 aliphatic rings. The van der Waals surface area contributed by atoms with E-state index in [1.807, 2.05) is 0 Å². The molecule has 0 aliphatic heterocycles. The third kappa shape index (κ3) is 6.19. The zero-order valence-electron chi connectivity index (χ0n) is 9.81. The van der Waals surface area contributed by atoms with Crippen LogP contribution in [0.15, 0.2) is 0 Å². The Balaban J connectivity index is 3.88. The van der Waals surface area contributed by atoms with E-state index in [0.29, 0.717) is 0 Å². The minimum Gasteiger partial charge on any atom is -0.363 e. The second-order valence-electron chi connectivity index (χ2n) is 3.53. The van der Waals surface area contributed by atoms with E-state index in [1.165, 1.54) is 25.7 Å². The standard InChI is InChI=1S/C11H24N2S/c1-4-7-9-13(10-8-5-2)11(14)12-6-3/h4-10H2,1-3H3,(H,12,14). The summed E-state index contributed by atoms with van der Waals surface area (Å²) in [7, 11) is 0. The molecule has 0 amide bonds. The lowest BCUT2D eigenvalue weighted by atomic mass is 10.3. The fourth-order valence-electron chi connectivity index (χ4n) is 1.28. The van der Waals surface area contributed by atoms with Crippen LogP contribution in [0.4, 0.5) is 0 Å². The highest BCUT2D eigenvalue weighted by atomic mass is 32.1. The first-order chi connectivity index (χ1) is 6.76. The fraction of sp³-hybridized carbons (Fsp3) is 0.909. The molecule has 0 aromatic carbocycles. The van der Waals surface area contributed by atoms with Crippen LogP contribution in [0.25, 0.3) is 0 Å². The maximum atomic E-state index is 5.32. The van der Waals surface area contributed by atoms with E-state index < -0.39 is 0 Å². The van der Waals surface area contributed by atoms with Crippen molar-refractivity contribution in [3.63, 3.8) is 0 Å². The molecule has 0 rings (SSSR count). The van der Waals surface area contributed by atoms with Crippen LogP contribution >= 0.6 is 12.2 Å². The Morgan fingerprint density at radius 2 is 1.57 bits per heavy atom. The molecule has 0 heterocycles. The summed E-state index contributed by atoms with van der Waals surface area (Å²) in [6.07, 6.45) is 4.93. The molecular formula is C11H24N2S. The third-order valence-electron chi connectivity index (χ3n) is 2.18. The highest BCUT2D eigenvalue weighted by Gasteiger charge is 2.06. The number of hydrogen-bond donors (Lipinski definition) is 1. The van der Waals surface area contributed by atoms with Gasteiger partial charge < -0.3 is 10.2 Å². The molecule has 84 valence electrons. The van der Waals surface area contributed by atoms with E-state index >= 15 is 0 Å². The fourth-order valence-corrected chi connectivity index (χ4v) is 1.60. The van der Waals surface area contributed by atoms with Crippen molar-refractivity contribution in [2.24, 2.45) is 0 Å². The van der Waals surface area contributed by atoms with Crippen LogP contribution in [0.2, 0.25) is 0 Å². The van der Waals surface area contributed by atoms with Crippen LogP contribution in [0.5, 0.6) is 0 Å². The van der Waals surface area contributed by atoms with E-state index in [-0.39, 0.29) is 0 Å². The summed E-state index contributed by atoms with van der Waals surface area (Å²) in [5.74, 6) is 0. The van der Waals surface area contributed by atoms with Crippen LogP contribution in [-0.2, 0) is 0 Å². The van der Waals surface area contributed by atoms with Gasteiger partial charge in [0.2, 0.25) is 0 Å². The van der Waals surface area contributed by atoms with Crippen molar-refractivity contribution in [3.05, 3.63) is 0 Å².